The van der Waals surface area contributed by atoms with Crippen molar-refractivity contribution in [1.29, 1.82) is 0 Å². The van der Waals surface area contributed by atoms with Crippen LogP contribution in [0.3, 0.4) is 0 Å². The van der Waals surface area contributed by atoms with Crippen LogP contribution in [0.5, 0.6) is 0 Å². The first-order chi connectivity index (χ1) is 10.4. The second-order valence-electron chi connectivity index (χ2n) is 4.48. The Bertz CT molecular complexity index is 734. The second-order valence-corrected chi connectivity index (χ2v) is 4.48. The molecule has 22 heavy (non-hydrogen) atoms. The molecule has 1 atom stereocenters. The highest BCUT2D eigenvalue weighted by molar-refractivity contribution is 6.12. The van der Waals surface area contributed by atoms with E-state index in [1.165, 1.54) is 12.3 Å². The van der Waals surface area contributed by atoms with Crippen molar-refractivity contribution in [1.82, 2.24) is 9.97 Å². The molecular formula is C15H12F2N2O3. The second kappa shape index (κ2) is 6.38. The molecule has 0 aliphatic rings. The number of rotatable bonds is 4. The van der Waals surface area contributed by atoms with Crippen molar-refractivity contribution in [3.8, 4) is 0 Å². The molecule has 0 bridgehead atoms. The summed E-state index contributed by atoms with van der Waals surface area (Å²) in [6.07, 6.45) is 1.35. The molecule has 1 aromatic carbocycles. The summed E-state index contributed by atoms with van der Waals surface area (Å²) in [4.78, 5) is 32.1. The van der Waals surface area contributed by atoms with Crippen molar-refractivity contribution in [3.63, 3.8) is 0 Å². The number of esters is 1. The summed E-state index contributed by atoms with van der Waals surface area (Å²) in [7, 11) is 1.08. The molecule has 0 radical (unpaired) electrons. The highest BCUT2D eigenvalue weighted by Gasteiger charge is 2.33. The zero-order chi connectivity index (χ0) is 16.3. The Labute approximate surface area is 125 Å². The van der Waals surface area contributed by atoms with Gasteiger partial charge in [-0.05, 0) is 19.1 Å². The first kappa shape index (κ1) is 15.7. The number of halogens is 2. The van der Waals surface area contributed by atoms with Crippen LogP contribution in [-0.4, -0.2) is 28.8 Å². The Morgan fingerprint density at radius 2 is 1.95 bits per heavy atom. The number of hydrogen-bond donors (Lipinski definition) is 0. The zero-order valence-corrected chi connectivity index (χ0v) is 11.8. The Morgan fingerprint density at radius 1 is 1.23 bits per heavy atom. The molecule has 7 heteroatoms. The number of methoxy groups -OCH3 is 1. The zero-order valence-electron chi connectivity index (χ0n) is 11.8. The highest BCUT2D eigenvalue weighted by atomic mass is 19.1. The molecule has 114 valence electrons. The van der Waals surface area contributed by atoms with Crippen molar-refractivity contribution in [2.24, 2.45) is 0 Å². The van der Waals surface area contributed by atoms with Gasteiger partial charge in [-0.1, -0.05) is 6.07 Å². The average Bonchev–Trinajstić information content (AvgIpc) is 2.49. The van der Waals surface area contributed by atoms with Crippen LogP contribution < -0.4 is 0 Å². The van der Waals surface area contributed by atoms with E-state index in [9.17, 15) is 18.4 Å². The Morgan fingerprint density at radius 3 is 2.55 bits per heavy atom. The van der Waals surface area contributed by atoms with Crippen LogP contribution in [0.4, 0.5) is 8.78 Å². The fourth-order valence-corrected chi connectivity index (χ4v) is 1.97. The number of Topliss-reactive ketones (excluding diaryl/α,β-unsaturated/α-hetero) is 1. The van der Waals surface area contributed by atoms with E-state index in [1.54, 1.807) is 6.92 Å². The summed E-state index contributed by atoms with van der Waals surface area (Å²) in [6.45, 7) is 1.57. The van der Waals surface area contributed by atoms with Gasteiger partial charge in [0.1, 0.15) is 29.1 Å². The van der Waals surface area contributed by atoms with Gasteiger partial charge in [0.15, 0.2) is 5.78 Å². The third kappa shape index (κ3) is 3.13. The quantitative estimate of drug-likeness (QED) is 0.492. The number of aryl methyl sites for hydroxylation is 1. The van der Waals surface area contributed by atoms with E-state index in [1.807, 2.05) is 0 Å². The molecule has 0 saturated heterocycles. The summed E-state index contributed by atoms with van der Waals surface area (Å²) < 4.78 is 31.5. The third-order valence-electron chi connectivity index (χ3n) is 3.00. The maximum Gasteiger partial charge on any atom is 0.321 e. The SMILES string of the molecule is COC(=O)C(C(=O)c1ccnc(C)n1)c1ccc(F)cc1F. The molecule has 0 aliphatic carbocycles. The molecule has 1 aromatic heterocycles. The lowest BCUT2D eigenvalue weighted by Gasteiger charge is -2.14. The largest absolute Gasteiger partial charge is 0.468 e. The van der Waals surface area contributed by atoms with Gasteiger partial charge < -0.3 is 4.74 Å². The van der Waals surface area contributed by atoms with Crippen LogP contribution in [0, 0.1) is 18.6 Å². The molecule has 0 amide bonds. The van der Waals surface area contributed by atoms with Crippen molar-refractivity contribution in [2.45, 2.75) is 12.8 Å². The predicted octanol–water partition coefficient (Wildman–Crippen LogP) is 2.20. The molecule has 2 aromatic rings. The molecule has 0 saturated carbocycles. The molecule has 5 nitrogen and oxygen atoms in total. The number of ketones is 1. The smallest absolute Gasteiger partial charge is 0.321 e. The number of carbonyl (C=O) groups excluding carboxylic acids is 2. The van der Waals surface area contributed by atoms with Gasteiger partial charge in [-0.3, -0.25) is 9.59 Å². The number of hydrogen-bond acceptors (Lipinski definition) is 5. The number of benzene rings is 1. The van der Waals surface area contributed by atoms with Gasteiger partial charge in [0, 0.05) is 17.8 Å². The Hall–Kier alpha value is -2.70. The minimum atomic E-state index is -1.56. The topological polar surface area (TPSA) is 69.2 Å². The third-order valence-corrected chi connectivity index (χ3v) is 3.00. The monoisotopic (exact) mass is 306 g/mol. The normalized spacial score (nSPS) is 11.8. The van der Waals surface area contributed by atoms with Crippen LogP contribution in [0.25, 0.3) is 0 Å². The van der Waals surface area contributed by atoms with Gasteiger partial charge in [-0.2, -0.15) is 0 Å². The van der Waals surface area contributed by atoms with E-state index in [0.29, 0.717) is 11.9 Å². The van der Waals surface area contributed by atoms with Crippen LogP contribution >= 0.6 is 0 Å². The molecular weight excluding hydrogens is 294 g/mol. The maximum absolute atomic E-state index is 13.9. The predicted molar refractivity (Wildman–Crippen MR) is 72.2 cm³/mol. The molecule has 1 unspecified atom stereocenters. The van der Waals surface area contributed by atoms with E-state index >= 15 is 0 Å². The van der Waals surface area contributed by atoms with Gasteiger partial charge in [-0.25, -0.2) is 18.7 Å². The van der Waals surface area contributed by atoms with Crippen molar-refractivity contribution < 1.29 is 23.1 Å². The minimum absolute atomic E-state index is 0.0494. The van der Waals surface area contributed by atoms with Crippen LogP contribution in [0.1, 0.15) is 27.8 Å². The Kier molecular flexibility index (Phi) is 4.55. The lowest BCUT2D eigenvalue weighted by atomic mass is 9.92. The molecule has 0 aliphatic heterocycles. The summed E-state index contributed by atoms with van der Waals surface area (Å²) in [5.41, 5.74) is -0.318. The molecule has 2 rings (SSSR count). The summed E-state index contributed by atoms with van der Waals surface area (Å²) >= 11 is 0. The van der Waals surface area contributed by atoms with Crippen LogP contribution in [0.2, 0.25) is 0 Å². The van der Waals surface area contributed by atoms with Crippen molar-refractivity contribution in [3.05, 3.63) is 59.2 Å². The molecule has 0 N–H and O–H groups in total. The maximum atomic E-state index is 13.9. The van der Waals surface area contributed by atoms with Gasteiger partial charge in [0.25, 0.3) is 0 Å². The van der Waals surface area contributed by atoms with Crippen LogP contribution in [-0.2, 0) is 9.53 Å². The lowest BCUT2D eigenvalue weighted by molar-refractivity contribution is -0.141. The van der Waals surface area contributed by atoms with E-state index in [4.69, 9.17) is 0 Å². The van der Waals surface area contributed by atoms with E-state index in [0.717, 1.165) is 19.2 Å². The van der Waals surface area contributed by atoms with Crippen LogP contribution in [0.15, 0.2) is 30.5 Å². The minimum Gasteiger partial charge on any atom is -0.468 e. The fourth-order valence-electron chi connectivity index (χ4n) is 1.97. The summed E-state index contributed by atoms with van der Waals surface area (Å²) in [6, 6.07) is 3.92. The van der Waals surface area contributed by atoms with E-state index in [-0.39, 0.29) is 11.3 Å². The summed E-state index contributed by atoms with van der Waals surface area (Å²) in [5, 5.41) is 0. The summed E-state index contributed by atoms with van der Waals surface area (Å²) in [5.74, 6) is -4.74. The molecule has 0 spiro atoms. The van der Waals surface area contributed by atoms with Gasteiger partial charge in [-0.15, -0.1) is 0 Å². The first-order valence-corrected chi connectivity index (χ1v) is 6.30. The average molecular weight is 306 g/mol. The first-order valence-electron chi connectivity index (χ1n) is 6.30. The lowest BCUT2D eigenvalue weighted by Crippen LogP contribution is -2.25. The highest BCUT2D eigenvalue weighted by Crippen LogP contribution is 2.25. The molecule has 1 heterocycles. The number of nitrogens with zero attached hydrogens (tertiary/aromatic N) is 2. The number of ether oxygens (including phenoxy) is 1. The van der Waals surface area contributed by atoms with Crippen molar-refractivity contribution >= 4 is 11.8 Å². The molecule has 0 fully saturated rings. The van der Waals surface area contributed by atoms with E-state index < -0.39 is 29.3 Å². The number of aromatic nitrogens is 2. The standard InChI is InChI=1S/C15H12F2N2O3/c1-8-18-6-5-12(19-8)14(20)13(15(21)22-2)10-4-3-9(16)7-11(10)17/h3-7,13H,1-2H3. The van der Waals surface area contributed by atoms with Gasteiger partial charge in [0.05, 0.1) is 7.11 Å². The fraction of sp³-hybridized carbons (Fsp3) is 0.200. The van der Waals surface area contributed by atoms with Gasteiger partial charge >= 0.3 is 5.97 Å². The van der Waals surface area contributed by atoms with E-state index in [2.05, 4.69) is 14.7 Å². The van der Waals surface area contributed by atoms with Crippen molar-refractivity contribution in [2.75, 3.05) is 7.11 Å². The Balaban J connectivity index is 2.51. The van der Waals surface area contributed by atoms with Gasteiger partial charge in [0.2, 0.25) is 0 Å². The number of carbonyl (C=O) groups is 2.